The number of nitrogens with two attached hydrogens (primary N) is 2. The molecule has 0 bridgehead atoms. The second-order valence-electron chi connectivity index (χ2n) is 9.01. The van der Waals surface area contributed by atoms with Gasteiger partial charge in [0.2, 0.25) is 17.7 Å². The van der Waals surface area contributed by atoms with Crippen LogP contribution < -0.4 is 22.1 Å². The van der Waals surface area contributed by atoms with Crippen molar-refractivity contribution >= 4 is 29.7 Å². The number of hydrogen-bond acceptors (Lipinski definition) is 8. The first-order valence-corrected chi connectivity index (χ1v) is 12.1. The van der Waals surface area contributed by atoms with Crippen molar-refractivity contribution < 1.29 is 39.3 Å². The Morgan fingerprint density at radius 2 is 1.70 bits per heavy atom. The summed E-state index contributed by atoms with van der Waals surface area (Å²) in [6.45, 7) is 0.655. The second kappa shape index (κ2) is 14.1. The molecule has 1 fully saturated rings. The highest BCUT2D eigenvalue weighted by Crippen LogP contribution is 2.21. The van der Waals surface area contributed by atoms with Crippen molar-refractivity contribution in [2.45, 2.75) is 69.1 Å². The molecule has 2 rings (SSSR count). The quantitative estimate of drug-likeness (QED) is 0.146. The van der Waals surface area contributed by atoms with Crippen LogP contribution in [0.5, 0.6) is 5.75 Å². The number of phenols is 1. The van der Waals surface area contributed by atoms with E-state index in [2.05, 4.69) is 10.6 Å². The largest absolute Gasteiger partial charge is 0.508 e. The zero-order chi connectivity index (χ0) is 27.5. The molecule has 1 aliphatic heterocycles. The molecule has 1 aromatic carbocycles. The summed E-state index contributed by atoms with van der Waals surface area (Å²) in [5, 5.41) is 32.6. The topological polar surface area (TPSA) is 225 Å². The van der Waals surface area contributed by atoms with Gasteiger partial charge in [0.05, 0.1) is 12.5 Å². The van der Waals surface area contributed by atoms with Gasteiger partial charge in [0.25, 0.3) is 0 Å². The van der Waals surface area contributed by atoms with Gasteiger partial charge in [0, 0.05) is 13.0 Å². The summed E-state index contributed by atoms with van der Waals surface area (Å²) in [5.41, 5.74) is 12.1. The van der Waals surface area contributed by atoms with E-state index in [1.165, 1.54) is 17.0 Å². The number of carboxylic acids is 2. The first-order chi connectivity index (χ1) is 17.5. The number of nitrogens with zero attached hydrogens (tertiary/aromatic N) is 1. The van der Waals surface area contributed by atoms with Crippen LogP contribution in [0.2, 0.25) is 0 Å². The third-order valence-electron chi connectivity index (χ3n) is 6.13. The summed E-state index contributed by atoms with van der Waals surface area (Å²) < 4.78 is 0. The molecule has 204 valence electrons. The van der Waals surface area contributed by atoms with Crippen LogP contribution in [0.1, 0.15) is 44.1 Å². The van der Waals surface area contributed by atoms with E-state index in [-0.39, 0.29) is 25.1 Å². The van der Waals surface area contributed by atoms with Crippen LogP contribution in [-0.2, 0) is 30.4 Å². The molecule has 0 saturated carbocycles. The SMILES string of the molecule is NCCCCC(N)C(=O)NC(Cc1ccc(O)cc1)C(=O)N1CCCC1C(=O)NC(CC(=O)O)C(=O)O. The maximum Gasteiger partial charge on any atom is 0.326 e. The zero-order valence-corrected chi connectivity index (χ0v) is 20.5. The molecule has 13 heteroatoms. The Hall–Kier alpha value is -3.71. The molecule has 37 heavy (non-hydrogen) atoms. The third-order valence-corrected chi connectivity index (χ3v) is 6.13. The average Bonchev–Trinajstić information content (AvgIpc) is 3.34. The molecule has 4 atom stereocenters. The highest BCUT2D eigenvalue weighted by atomic mass is 16.4. The summed E-state index contributed by atoms with van der Waals surface area (Å²) in [5.74, 6) is -4.75. The monoisotopic (exact) mass is 521 g/mol. The minimum atomic E-state index is -1.65. The van der Waals surface area contributed by atoms with Crippen LogP contribution in [0, 0.1) is 0 Å². The lowest BCUT2D eigenvalue weighted by Crippen LogP contribution is -2.57. The Labute approximate surface area is 214 Å². The van der Waals surface area contributed by atoms with E-state index < -0.39 is 60.2 Å². The second-order valence-corrected chi connectivity index (χ2v) is 9.01. The van der Waals surface area contributed by atoms with Crippen LogP contribution in [0.3, 0.4) is 0 Å². The van der Waals surface area contributed by atoms with Crippen LogP contribution in [-0.4, -0.2) is 87.1 Å². The molecular weight excluding hydrogens is 486 g/mol. The molecule has 1 aliphatic rings. The van der Waals surface area contributed by atoms with Gasteiger partial charge in [-0.05, 0) is 49.9 Å². The van der Waals surface area contributed by atoms with Crippen molar-refractivity contribution in [1.82, 2.24) is 15.5 Å². The van der Waals surface area contributed by atoms with Gasteiger partial charge in [0.15, 0.2) is 0 Å². The maximum atomic E-state index is 13.6. The number of benzene rings is 1. The van der Waals surface area contributed by atoms with E-state index in [1.807, 2.05) is 0 Å². The summed E-state index contributed by atoms with van der Waals surface area (Å²) in [6.07, 6.45) is 1.65. The number of carbonyl (C=O) groups is 5. The van der Waals surface area contributed by atoms with Gasteiger partial charge in [-0.3, -0.25) is 19.2 Å². The summed E-state index contributed by atoms with van der Waals surface area (Å²) in [7, 11) is 0. The van der Waals surface area contributed by atoms with Crippen molar-refractivity contribution in [2.75, 3.05) is 13.1 Å². The number of aliphatic carboxylic acids is 2. The molecule has 3 amide bonds. The Balaban J connectivity index is 2.20. The Morgan fingerprint density at radius 3 is 2.30 bits per heavy atom. The minimum Gasteiger partial charge on any atom is -0.508 e. The number of carbonyl (C=O) groups excluding carboxylic acids is 3. The molecule has 0 aromatic heterocycles. The van der Waals surface area contributed by atoms with Crippen LogP contribution in [0.25, 0.3) is 0 Å². The van der Waals surface area contributed by atoms with Crippen molar-refractivity contribution in [3.63, 3.8) is 0 Å². The molecule has 1 saturated heterocycles. The van der Waals surface area contributed by atoms with Crippen molar-refractivity contribution in [1.29, 1.82) is 0 Å². The van der Waals surface area contributed by atoms with Crippen molar-refractivity contribution in [3.05, 3.63) is 29.8 Å². The molecule has 1 aromatic rings. The van der Waals surface area contributed by atoms with Crippen LogP contribution >= 0.6 is 0 Å². The highest BCUT2D eigenvalue weighted by Gasteiger charge is 2.39. The Morgan fingerprint density at radius 1 is 1.03 bits per heavy atom. The van der Waals surface area contributed by atoms with Crippen molar-refractivity contribution in [3.8, 4) is 5.75 Å². The summed E-state index contributed by atoms with van der Waals surface area (Å²) in [6, 6.07) is 1.45. The fourth-order valence-corrected chi connectivity index (χ4v) is 4.13. The van der Waals surface area contributed by atoms with Crippen LogP contribution in [0.4, 0.5) is 0 Å². The molecule has 4 unspecified atom stereocenters. The third kappa shape index (κ3) is 9.03. The Kier molecular flexibility index (Phi) is 11.3. The number of nitrogens with one attached hydrogen (secondary N) is 2. The lowest BCUT2D eigenvalue weighted by Gasteiger charge is -2.30. The molecule has 9 N–H and O–H groups in total. The molecule has 0 spiro atoms. The van der Waals surface area contributed by atoms with Gasteiger partial charge in [0.1, 0.15) is 23.9 Å². The van der Waals surface area contributed by atoms with Gasteiger partial charge >= 0.3 is 11.9 Å². The van der Waals surface area contributed by atoms with E-state index in [9.17, 15) is 34.2 Å². The smallest absolute Gasteiger partial charge is 0.326 e. The first kappa shape index (κ1) is 29.5. The predicted molar refractivity (Wildman–Crippen MR) is 131 cm³/mol. The number of unbranched alkanes of at least 4 members (excludes halogenated alkanes) is 1. The molecule has 13 nitrogen and oxygen atoms in total. The number of likely N-dealkylation sites (tertiary alicyclic amines) is 1. The highest BCUT2D eigenvalue weighted by molar-refractivity contribution is 5.95. The van der Waals surface area contributed by atoms with Gasteiger partial charge in [-0.25, -0.2) is 4.79 Å². The number of carboxylic acid groups (broad SMARTS) is 2. The van der Waals surface area contributed by atoms with E-state index in [1.54, 1.807) is 12.1 Å². The molecular formula is C24H35N5O8. The zero-order valence-electron chi connectivity index (χ0n) is 20.5. The fourth-order valence-electron chi connectivity index (χ4n) is 4.13. The van der Waals surface area contributed by atoms with Gasteiger partial charge in [-0.2, -0.15) is 0 Å². The van der Waals surface area contributed by atoms with E-state index in [0.717, 1.165) is 0 Å². The lowest BCUT2D eigenvalue weighted by molar-refractivity contribution is -0.148. The van der Waals surface area contributed by atoms with Crippen LogP contribution in [0.15, 0.2) is 24.3 Å². The number of phenolic OH excluding ortho intramolecular Hbond substituents is 1. The summed E-state index contributed by atoms with van der Waals surface area (Å²) >= 11 is 0. The van der Waals surface area contributed by atoms with E-state index in [0.29, 0.717) is 37.8 Å². The lowest BCUT2D eigenvalue weighted by atomic mass is 10.0. The molecule has 1 heterocycles. The standard InChI is InChI=1S/C24H35N5O8/c25-10-2-1-4-16(26)21(33)27-17(12-14-6-8-15(30)9-7-14)23(35)29-11-3-5-19(29)22(34)28-18(24(36)37)13-20(31)32/h6-9,16-19,30H,1-5,10-13,25-26H2,(H,27,33)(H,28,34)(H,31,32)(H,36,37). The number of amides is 3. The summed E-state index contributed by atoms with van der Waals surface area (Å²) in [4.78, 5) is 62.8. The number of rotatable bonds is 14. The minimum absolute atomic E-state index is 0.0308. The van der Waals surface area contributed by atoms with E-state index in [4.69, 9.17) is 16.6 Å². The average molecular weight is 522 g/mol. The predicted octanol–water partition coefficient (Wildman–Crippen LogP) is -1.09. The maximum absolute atomic E-state index is 13.6. The fraction of sp³-hybridized carbons (Fsp3) is 0.542. The first-order valence-electron chi connectivity index (χ1n) is 12.1. The van der Waals surface area contributed by atoms with Crippen molar-refractivity contribution in [2.24, 2.45) is 11.5 Å². The van der Waals surface area contributed by atoms with Gasteiger partial charge in [-0.1, -0.05) is 18.6 Å². The number of aromatic hydroxyl groups is 1. The normalized spacial score (nSPS) is 17.5. The number of hydrogen-bond donors (Lipinski definition) is 7. The molecule has 0 radical (unpaired) electrons. The molecule has 0 aliphatic carbocycles. The van der Waals surface area contributed by atoms with E-state index >= 15 is 0 Å². The van der Waals surface area contributed by atoms with Gasteiger partial charge < -0.3 is 42.3 Å². The Bertz CT molecular complexity index is 970. The van der Waals surface area contributed by atoms with Gasteiger partial charge in [-0.15, -0.1) is 0 Å².